The van der Waals surface area contributed by atoms with Gasteiger partial charge in [-0.25, -0.2) is 4.39 Å². The van der Waals surface area contributed by atoms with Gasteiger partial charge in [-0.2, -0.15) is 0 Å². The summed E-state index contributed by atoms with van der Waals surface area (Å²) >= 11 is 1.34. The molecular weight excluding hydrogens is 379 g/mol. The second kappa shape index (κ2) is 8.39. The monoisotopic (exact) mass is 398 g/mol. The zero-order valence-electron chi connectivity index (χ0n) is 15.5. The molecule has 0 saturated carbocycles. The van der Waals surface area contributed by atoms with E-state index in [9.17, 15) is 18.8 Å². The van der Waals surface area contributed by atoms with Crippen LogP contribution >= 0.6 is 11.8 Å². The minimum atomic E-state index is -0.401. The first-order chi connectivity index (χ1) is 13.4. The summed E-state index contributed by atoms with van der Waals surface area (Å²) in [5.41, 5.74) is 1.68. The Morgan fingerprint density at radius 2 is 1.61 bits per heavy atom. The lowest BCUT2D eigenvalue weighted by molar-refractivity contribution is 0.0664. The lowest BCUT2D eigenvalue weighted by atomic mass is 10.1. The normalized spacial score (nSPS) is 13.7. The van der Waals surface area contributed by atoms with Crippen molar-refractivity contribution in [3.8, 4) is 0 Å². The van der Waals surface area contributed by atoms with Gasteiger partial charge in [-0.15, -0.1) is 11.8 Å². The van der Waals surface area contributed by atoms with Crippen molar-refractivity contribution in [1.29, 1.82) is 0 Å². The first kappa shape index (κ1) is 19.8. The second-order valence-electron chi connectivity index (χ2n) is 6.41. The Kier molecular flexibility index (Phi) is 5.94. The van der Waals surface area contributed by atoms with Crippen molar-refractivity contribution in [2.75, 3.05) is 26.4 Å². The highest BCUT2D eigenvalue weighted by atomic mass is 32.2. The number of hydrogen-bond donors (Lipinski definition) is 0. The number of hydrogen-bond acceptors (Lipinski definition) is 5. The summed E-state index contributed by atoms with van der Waals surface area (Å²) in [7, 11) is 3.50. The van der Waals surface area contributed by atoms with Crippen molar-refractivity contribution in [3.05, 3.63) is 82.1 Å². The van der Waals surface area contributed by atoms with E-state index in [1.807, 2.05) is 0 Å². The fourth-order valence-electron chi connectivity index (χ4n) is 2.84. The highest BCUT2D eigenvalue weighted by Crippen LogP contribution is 2.23. The number of amides is 2. The summed E-state index contributed by atoms with van der Waals surface area (Å²) in [5, 5.41) is 1.70. The van der Waals surface area contributed by atoms with Crippen LogP contribution in [0.15, 0.2) is 59.6 Å². The van der Waals surface area contributed by atoms with E-state index < -0.39 is 5.82 Å². The highest BCUT2D eigenvalue weighted by molar-refractivity contribution is 8.02. The molecule has 1 aliphatic heterocycles. The SMILES string of the molecule is CN(C)C(=CSCCN1C(=O)c2ccccc2C1=O)C(=O)c1ccc(F)cc1. The van der Waals surface area contributed by atoms with Gasteiger partial charge in [-0.3, -0.25) is 19.3 Å². The minimum absolute atomic E-state index is 0.224. The van der Waals surface area contributed by atoms with Gasteiger partial charge in [0.2, 0.25) is 5.78 Å². The van der Waals surface area contributed by atoms with Crippen LogP contribution in [0.2, 0.25) is 0 Å². The molecule has 0 atom stereocenters. The molecule has 0 aromatic heterocycles. The Morgan fingerprint density at radius 1 is 1.04 bits per heavy atom. The van der Waals surface area contributed by atoms with Crippen LogP contribution in [0.1, 0.15) is 31.1 Å². The van der Waals surface area contributed by atoms with Gasteiger partial charge in [0.1, 0.15) is 5.82 Å². The average Bonchev–Trinajstić information content (AvgIpc) is 2.92. The van der Waals surface area contributed by atoms with E-state index in [1.165, 1.54) is 40.9 Å². The van der Waals surface area contributed by atoms with Crippen molar-refractivity contribution in [2.24, 2.45) is 0 Å². The van der Waals surface area contributed by atoms with E-state index in [0.29, 0.717) is 28.1 Å². The van der Waals surface area contributed by atoms with Gasteiger partial charge < -0.3 is 4.90 Å². The Labute approximate surface area is 166 Å². The Bertz CT molecular complexity index is 919. The highest BCUT2D eigenvalue weighted by Gasteiger charge is 2.34. The average molecular weight is 398 g/mol. The largest absolute Gasteiger partial charge is 0.374 e. The van der Waals surface area contributed by atoms with E-state index in [1.54, 1.807) is 48.7 Å². The topological polar surface area (TPSA) is 57.7 Å². The van der Waals surface area contributed by atoms with Gasteiger partial charge >= 0.3 is 0 Å². The van der Waals surface area contributed by atoms with Crippen molar-refractivity contribution in [3.63, 3.8) is 0 Å². The Morgan fingerprint density at radius 3 is 2.14 bits per heavy atom. The second-order valence-corrected chi connectivity index (χ2v) is 7.39. The summed E-state index contributed by atoms with van der Waals surface area (Å²) in [6.45, 7) is 0.249. The maximum atomic E-state index is 13.1. The molecule has 144 valence electrons. The van der Waals surface area contributed by atoms with Gasteiger partial charge in [0, 0.05) is 32.0 Å². The molecule has 1 aliphatic rings. The number of carbonyl (C=O) groups excluding carboxylic acids is 3. The van der Waals surface area contributed by atoms with E-state index in [0.717, 1.165) is 0 Å². The standard InChI is InChI=1S/C21H19FN2O3S/c1-23(2)18(19(25)14-7-9-15(22)10-8-14)13-28-12-11-24-20(26)16-5-3-4-6-17(16)21(24)27/h3-10,13H,11-12H2,1-2H3. The third-order valence-electron chi connectivity index (χ3n) is 4.33. The molecule has 0 aliphatic carbocycles. The van der Waals surface area contributed by atoms with Crippen LogP contribution in [-0.4, -0.2) is 53.8 Å². The maximum absolute atomic E-state index is 13.1. The summed E-state index contributed by atoms with van der Waals surface area (Å²) in [6.07, 6.45) is 0. The fraction of sp³-hybridized carbons (Fsp3) is 0.190. The molecule has 0 N–H and O–H groups in total. The number of carbonyl (C=O) groups is 3. The van der Waals surface area contributed by atoms with Gasteiger partial charge in [-0.05, 0) is 41.8 Å². The smallest absolute Gasteiger partial charge is 0.261 e. The predicted molar refractivity (Wildman–Crippen MR) is 107 cm³/mol. The molecule has 0 fully saturated rings. The molecule has 0 radical (unpaired) electrons. The first-order valence-corrected chi connectivity index (χ1v) is 9.69. The third-order valence-corrected chi connectivity index (χ3v) is 5.13. The van der Waals surface area contributed by atoms with Crippen LogP contribution in [0.5, 0.6) is 0 Å². The number of imide groups is 1. The number of likely N-dealkylation sites (N-methyl/N-ethyl adjacent to an activating group) is 1. The number of nitrogens with zero attached hydrogens (tertiary/aromatic N) is 2. The van der Waals surface area contributed by atoms with Gasteiger partial charge in [0.15, 0.2) is 0 Å². The molecule has 1 heterocycles. The van der Waals surface area contributed by atoms with E-state index in [2.05, 4.69) is 0 Å². The number of thioether (sulfide) groups is 1. The molecule has 2 aromatic carbocycles. The number of rotatable bonds is 7. The number of ketones is 1. The van der Waals surface area contributed by atoms with Crippen LogP contribution in [0, 0.1) is 5.82 Å². The molecule has 5 nitrogen and oxygen atoms in total. The molecule has 2 amide bonds. The van der Waals surface area contributed by atoms with Crippen LogP contribution in [-0.2, 0) is 0 Å². The fourth-order valence-corrected chi connectivity index (χ4v) is 3.72. The number of halogens is 1. The Hall–Kier alpha value is -2.93. The maximum Gasteiger partial charge on any atom is 0.261 e. The molecule has 0 bridgehead atoms. The van der Waals surface area contributed by atoms with Crippen molar-refractivity contribution >= 4 is 29.4 Å². The van der Waals surface area contributed by atoms with Crippen LogP contribution in [0.4, 0.5) is 4.39 Å². The molecule has 7 heteroatoms. The molecule has 3 rings (SSSR count). The van der Waals surface area contributed by atoms with Gasteiger partial charge in [0.25, 0.3) is 11.8 Å². The summed E-state index contributed by atoms with van der Waals surface area (Å²) < 4.78 is 13.1. The number of benzene rings is 2. The van der Waals surface area contributed by atoms with E-state index in [-0.39, 0.29) is 24.1 Å². The van der Waals surface area contributed by atoms with Crippen molar-refractivity contribution in [2.45, 2.75) is 0 Å². The summed E-state index contributed by atoms with van der Waals surface area (Å²) in [6, 6.07) is 12.1. The van der Waals surface area contributed by atoms with Gasteiger partial charge in [-0.1, -0.05) is 12.1 Å². The molecule has 0 unspecified atom stereocenters. The van der Waals surface area contributed by atoms with Crippen LogP contribution in [0.3, 0.4) is 0 Å². The minimum Gasteiger partial charge on any atom is -0.374 e. The van der Waals surface area contributed by atoms with Crippen LogP contribution in [0.25, 0.3) is 0 Å². The number of allylic oxidation sites excluding steroid dienone is 1. The molecule has 2 aromatic rings. The van der Waals surface area contributed by atoms with Gasteiger partial charge in [0.05, 0.1) is 16.8 Å². The zero-order valence-corrected chi connectivity index (χ0v) is 16.3. The molecule has 0 saturated heterocycles. The number of Topliss-reactive ketones (excluding diaryl/α,β-unsaturated/α-hetero) is 1. The molecule has 0 spiro atoms. The summed E-state index contributed by atoms with van der Waals surface area (Å²) in [4.78, 5) is 40.2. The molecular formula is C21H19FN2O3S. The third kappa shape index (κ3) is 3.99. The van der Waals surface area contributed by atoms with E-state index in [4.69, 9.17) is 0 Å². The summed E-state index contributed by atoms with van der Waals surface area (Å²) in [5.74, 6) is -0.749. The van der Waals surface area contributed by atoms with Crippen molar-refractivity contribution < 1.29 is 18.8 Å². The van der Waals surface area contributed by atoms with Crippen molar-refractivity contribution in [1.82, 2.24) is 9.80 Å². The molecule has 28 heavy (non-hydrogen) atoms. The lowest BCUT2D eigenvalue weighted by Gasteiger charge is -2.17. The first-order valence-electron chi connectivity index (χ1n) is 8.64. The Balaban J connectivity index is 1.64. The lowest BCUT2D eigenvalue weighted by Crippen LogP contribution is -2.31. The predicted octanol–water partition coefficient (Wildman–Crippen LogP) is 3.44. The zero-order chi connectivity index (χ0) is 20.3. The number of fused-ring (bicyclic) bond motifs is 1. The quantitative estimate of drug-likeness (QED) is 0.310. The van der Waals surface area contributed by atoms with E-state index >= 15 is 0 Å². The van der Waals surface area contributed by atoms with Crippen LogP contribution < -0.4 is 0 Å².